The van der Waals surface area contributed by atoms with Crippen LogP contribution in [0.5, 0.6) is 0 Å². The molecule has 164 valence electrons. The number of nitro groups is 1. The summed E-state index contributed by atoms with van der Waals surface area (Å²) in [7, 11) is -1.97. The molecule has 30 heavy (non-hydrogen) atoms. The lowest BCUT2D eigenvalue weighted by Gasteiger charge is -2.35. The van der Waals surface area contributed by atoms with Crippen LogP contribution >= 0.6 is 0 Å². The summed E-state index contributed by atoms with van der Waals surface area (Å²) in [5.41, 5.74) is 3.90. The highest BCUT2D eigenvalue weighted by Crippen LogP contribution is 2.34. The molecule has 10 heteroatoms. The summed E-state index contributed by atoms with van der Waals surface area (Å²) in [6.45, 7) is 10.6. The molecule has 1 aromatic heterocycles. The van der Waals surface area contributed by atoms with E-state index in [4.69, 9.17) is 0 Å². The lowest BCUT2D eigenvalue weighted by Crippen LogP contribution is -2.49. The largest absolute Gasteiger partial charge is 0.348 e. The third-order valence-corrected chi connectivity index (χ3v) is 8.19. The highest BCUT2D eigenvalue weighted by Gasteiger charge is 2.35. The molecule has 1 aliphatic rings. The summed E-state index contributed by atoms with van der Waals surface area (Å²) in [5.74, 6) is 0.438. The lowest BCUT2D eigenvalue weighted by atomic mass is 10.0. The van der Waals surface area contributed by atoms with E-state index in [9.17, 15) is 18.5 Å². The number of benzene rings is 1. The zero-order chi connectivity index (χ0) is 22.4. The highest BCUT2D eigenvalue weighted by molar-refractivity contribution is 7.89. The van der Waals surface area contributed by atoms with Crippen LogP contribution < -0.4 is 4.90 Å². The van der Waals surface area contributed by atoms with Gasteiger partial charge in [0.15, 0.2) is 0 Å². The molecule has 0 N–H and O–H groups in total. The molecule has 0 saturated carbocycles. The Balaban J connectivity index is 1.90. The van der Waals surface area contributed by atoms with Gasteiger partial charge in [-0.25, -0.2) is 13.1 Å². The number of hydrogen-bond donors (Lipinski definition) is 0. The average molecular weight is 436 g/mol. The summed E-state index contributed by atoms with van der Waals surface area (Å²) >= 11 is 0. The Hall–Kier alpha value is -2.46. The Morgan fingerprint density at radius 1 is 1.07 bits per heavy atom. The van der Waals surface area contributed by atoms with Gasteiger partial charge in [-0.15, -0.1) is 0 Å². The quantitative estimate of drug-likeness (QED) is 0.529. The van der Waals surface area contributed by atoms with Crippen molar-refractivity contribution in [1.82, 2.24) is 14.1 Å². The summed E-state index contributed by atoms with van der Waals surface area (Å²) in [6, 6.07) is 2.01. The van der Waals surface area contributed by atoms with Crippen LogP contribution in [-0.2, 0) is 23.5 Å². The van der Waals surface area contributed by atoms with Gasteiger partial charge in [0.05, 0.1) is 9.82 Å². The van der Waals surface area contributed by atoms with Crippen molar-refractivity contribution in [3.63, 3.8) is 0 Å². The van der Waals surface area contributed by atoms with Crippen LogP contribution in [0.15, 0.2) is 11.0 Å². The summed E-state index contributed by atoms with van der Waals surface area (Å²) in [5, 5.41) is 15.9. The molecule has 0 radical (unpaired) electrons. The molecule has 3 rings (SSSR count). The molecular formula is C20H29N5O4S. The number of aromatic nitrogens is 2. The zero-order valence-corrected chi connectivity index (χ0v) is 19.2. The van der Waals surface area contributed by atoms with Gasteiger partial charge >= 0.3 is 5.69 Å². The minimum absolute atomic E-state index is 0.0114. The van der Waals surface area contributed by atoms with Crippen molar-refractivity contribution in [2.24, 2.45) is 7.05 Å². The van der Waals surface area contributed by atoms with E-state index < -0.39 is 14.9 Å². The minimum atomic E-state index is -3.66. The molecular weight excluding hydrogens is 406 g/mol. The van der Waals surface area contributed by atoms with Crippen LogP contribution in [0, 0.1) is 37.8 Å². The van der Waals surface area contributed by atoms with Gasteiger partial charge in [0, 0.05) is 33.2 Å². The molecule has 0 bridgehead atoms. The van der Waals surface area contributed by atoms with E-state index in [0.717, 1.165) is 22.3 Å². The van der Waals surface area contributed by atoms with E-state index in [1.807, 2.05) is 45.6 Å². The predicted octanol–water partition coefficient (Wildman–Crippen LogP) is 2.64. The van der Waals surface area contributed by atoms with Crippen LogP contribution in [0.1, 0.15) is 34.9 Å². The first-order valence-corrected chi connectivity index (χ1v) is 11.5. The number of rotatable bonds is 5. The fraction of sp³-hybridized carbons (Fsp3) is 0.550. The Labute approximate surface area is 177 Å². The Morgan fingerprint density at radius 3 is 2.07 bits per heavy atom. The van der Waals surface area contributed by atoms with Crippen molar-refractivity contribution in [3.05, 3.63) is 44.1 Å². The van der Waals surface area contributed by atoms with Crippen LogP contribution in [0.2, 0.25) is 0 Å². The lowest BCUT2D eigenvalue weighted by molar-refractivity contribution is -0.384. The molecule has 0 unspecified atom stereocenters. The number of piperazine rings is 1. The van der Waals surface area contributed by atoms with Gasteiger partial charge in [-0.2, -0.15) is 9.40 Å². The molecule has 0 spiro atoms. The first kappa shape index (κ1) is 22.2. The second-order valence-electron chi connectivity index (χ2n) is 7.83. The molecule has 1 aliphatic heterocycles. The number of nitrogens with zero attached hydrogens (tertiary/aromatic N) is 5. The van der Waals surface area contributed by atoms with Gasteiger partial charge in [-0.3, -0.25) is 10.1 Å². The fourth-order valence-electron chi connectivity index (χ4n) is 4.17. The smallest absolute Gasteiger partial charge is 0.334 e. The van der Waals surface area contributed by atoms with E-state index >= 15 is 0 Å². The van der Waals surface area contributed by atoms with Gasteiger partial charge in [-0.1, -0.05) is 13.0 Å². The second kappa shape index (κ2) is 7.99. The number of aryl methyl sites for hydroxylation is 4. The van der Waals surface area contributed by atoms with E-state index in [1.54, 1.807) is 7.05 Å². The van der Waals surface area contributed by atoms with Crippen molar-refractivity contribution >= 4 is 21.5 Å². The van der Waals surface area contributed by atoms with Gasteiger partial charge in [0.2, 0.25) is 15.8 Å². The summed E-state index contributed by atoms with van der Waals surface area (Å²) in [4.78, 5) is 13.5. The first-order chi connectivity index (χ1) is 14.0. The van der Waals surface area contributed by atoms with Crippen LogP contribution in [0.3, 0.4) is 0 Å². The highest BCUT2D eigenvalue weighted by atomic mass is 32.2. The Bertz CT molecular complexity index is 1070. The van der Waals surface area contributed by atoms with Crippen LogP contribution in [0.25, 0.3) is 0 Å². The number of anilines is 1. The van der Waals surface area contributed by atoms with Gasteiger partial charge < -0.3 is 4.90 Å². The van der Waals surface area contributed by atoms with E-state index in [-0.39, 0.29) is 18.8 Å². The second-order valence-corrected chi connectivity index (χ2v) is 9.71. The molecule has 0 amide bonds. The molecule has 2 heterocycles. The van der Waals surface area contributed by atoms with Crippen LogP contribution in [-0.4, -0.2) is 53.6 Å². The SMILES string of the molecule is CCc1nn(C)c(N2CCN(S(=O)(=O)c3c(C)c(C)cc(C)c3C)CC2)c1[N+](=O)[O-]. The molecule has 2 aromatic rings. The molecule has 1 aromatic carbocycles. The monoisotopic (exact) mass is 435 g/mol. The van der Waals surface area contributed by atoms with E-state index in [1.165, 1.54) is 8.99 Å². The maximum absolute atomic E-state index is 13.5. The third-order valence-electron chi connectivity index (χ3n) is 6.01. The molecule has 9 nitrogen and oxygen atoms in total. The predicted molar refractivity (Wildman–Crippen MR) is 116 cm³/mol. The van der Waals surface area contributed by atoms with Crippen LogP contribution in [0.4, 0.5) is 11.5 Å². The van der Waals surface area contributed by atoms with E-state index in [0.29, 0.717) is 35.9 Å². The van der Waals surface area contributed by atoms with Crippen molar-refractivity contribution in [3.8, 4) is 0 Å². The fourth-order valence-corrected chi connectivity index (χ4v) is 6.17. The Kier molecular flexibility index (Phi) is 5.92. The maximum Gasteiger partial charge on any atom is 0.334 e. The first-order valence-electron chi connectivity index (χ1n) is 10.0. The standard InChI is InChI=1S/C20H29N5O4S/c1-7-17-18(25(26)27)20(22(6)21-17)23-8-10-24(11-9-23)30(28,29)19-15(4)13(2)12-14(3)16(19)5/h12H,7-11H2,1-6H3. The zero-order valence-electron chi connectivity index (χ0n) is 18.4. The van der Waals surface area contributed by atoms with Crippen molar-refractivity contribution in [2.45, 2.75) is 45.9 Å². The van der Waals surface area contributed by atoms with Gasteiger partial charge in [0.25, 0.3) is 0 Å². The molecule has 1 fully saturated rings. The van der Waals surface area contributed by atoms with E-state index in [2.05, 4.69) is 5.10 Å². The topological polar surface area (TPSA) is 102 Å². The third kappa shape index (κ3) is 3.58. The number of sulfonamides is 1. The van der Waals surface area contributed by atoms with Crippen molar-refractivity contribution in [2.75, 3.05) is 31.1 Å². The molecule has 1 saturated heterocycles. The average Bonchev–Trinajstić information content (AvgIpc) is 3.03. The Morgan fingerprint density at radius 2 is 1.60 bits per heavy atom. The summed E-state index contributed by atoms with van der Waals surface area (Å²) < 4.78 is 29.9. The van der Waals surface area contributed by atoms with Crippen molar-refractivity contribution in [1.29, 1.82) is 0 Å². The number of hydrogen-bond acceptors (Lipinski definition) is 6. The normalized spacial score (nSPS) is 15.6. The maximum atomic E-state index is 13.5. The summed E-state index contributed by atoms with van der Waals surface area (Å²) in [6.07, 6.45) is 0.462. The minimum Gasteiger partial charge on any atom is -0.348 e. The van der Waals surface area contributed by atoms with Crippen molar-refractivity contribution < 1.29 is 13.3 Å². The molecule has 0 atom stereocenters. The van der Waals surface area contributed by atoms with Gasteiger partial charge in [0.1, 0.15) is 5.69 Å². The van der Waals surface area contributed by atoms with Gasteiger partial charge in [-0.05, 0) is 56.4 Å². The molecule has 0 aliphatic carbocycles.